The molecule has 5 nitrogen and oxygen atoms in total. The molecule has 0 bridgehead atoms. The highest BCUT2D eigenvalue weighted by atomic mass is 35.5. The van der Waals surface area contributed by atoms with Crippen molar-refractivity contribution in [1.29, 1.82) is 0 Å². The normalized spacial score (nSPS) is 18.0. The van der Waals surface area contributed by atoms with E-state index in [1.165, 1.54) is 6.07 Å². The fraction of sp³-hybridized carbons (Fsp3) is 0.300. The molecule has 140 valence electrons. The minimum absolute atomic E-state index is 0.119. The van der Waals surface area contributed by atoms with E-state index in [4.69, 9.17) is 16.3 Å². The Morgan fingerprint density at radius 3 is 2.78 bits per heavy atom. The lowest BCUT2D eigenvalue weighted by atomic mass is 10.1. The van der Waals surface area contributed by atoms with Gasteiger partial charge >= 0.3 is 0 Å². The van der Waals surface area contributed by atoms with E-state index in [1.807, 2.05) is 41.9 Å². The summed E-state index contributed by atoms with van der Waals surface area (Å²) >= 11 is 5.92. The van der Waals surface area contributed by atoms with Gasteiger partial charge in [-0.05, 0) is 17.7 Å². The SMILES string of the molecule is Cn1c(CN2CCOC(c3ccc(F)c(Cl)c3)C2)nnc1-c1ccccc1. The Balaban J connectivity index is 1.48. The third-order valence-electron chi connectivity index (χ3n) is 4.83. The largest absolute Gasteiger partial charge is 0.371 e. The third kappa shape index (κ3) is 3.88. The van der Waals surface area contributed by atoms with Gasteiger partial charge in [-0.1, -0.05) is 48.0 Å². The molecule has 1 atom stereocenters. The van der Waals surface area contributed by atoms with Crippen molar-refractivity contribution in [2.75, 3.05) is 19.7 Å². The monoisotopic (exact) mass is 386 g/mol. The maximum absolute atomic E-state index is 13.4. The van der Waals surface area contributed by atoms with E-state index in [0.29, 0.717) is 19.7 Å². The van der Waals surface area contributed by atoms with Gasteiger partial charge in [-0.3, -0.25) is 4.90 Å². The second-order valence-electron chi connectivity index (χ2n) is 6.63. The summed E-state index contributed by atoms with van der Waals surface area (Å²) in [5.41, 5.74) is 1.92. The van der Waals surface area contributed by atoms with Gasteiger partial charge in [-0.25, -0.2) is 4.39 Å². The van der Waals surface area contributed by atoms with Crippen LogP contribution in [0.1, 0.15) is 17.5 Å². The fourth-order valence-corrected chi connectivity index (χ4v) is 3.49. The Morgan fingerprint density at radius 2 is 2.00 bits per heavy atom. The highest BCUT2D eigenvalue weighted by Gasteiger charge is 2.24. The van der Waals surface area contributed by atoms with E-state index in [-0.39, 0.29) is 11.1 Å². The fourth-order valence-electron chi connectivity index (χ4n) is 3.30. The molecule has 0 saturated carbocycles. The van der Waals surface area contributed by atoms with Gasteiger partial charge in [-0.2, -0.15) is 0 Å². The van der Waals surface area contributed by atoms with Crippen LogP contribution in [0, 0.1) is 5.82 Å². The van der Waals surface area contributed by atoms with Crippen LogP contribution in [0.15, 0.2) is 48.5 Å². The van der Waals surface area contributed by atoms with Crippen molar-refractivity contribution in [2.24, 2.45) is 7.05 Å². The third-order valence-corrected chi connectivity index (χ3v) is 5.12. The summed E-state index contributed by atoms with van der Waals surface area (Å²) in [4.78, 5) is 2.27. The van der Waals surface area contributed by atoms with Crippen molar-refractivity contribution in [1.82, 2.24) is 19.7 Å². The molecule has 0 radical (unpaired) electrons. The molecular formula is C20H20ClFN4O. The lowest BCUT2D eigenvalue weighted by molar-refractivity contribution is -0.0339. The van der Waals surface area contributed by atoms with Crippen LogP contribution in [0.5, 0.6) is 0 Å². The Labute approximate surface area is 162 Å². The van der Waals surface area contributed by atoms with E-state index in [1.54, 1.807) is 12.1 Å². The standard InChI is InChI=1S/C20H20ClFN4O/c1-25-19(23-24-20(25)14-5-3-2-4-6-14)13-26-9-10-27-18(12-26)15-7-8-17(22)16(21)11-15/h2-8,11,18H,9-10,12-13H2,1H3. The van der Waals surface area contributed by atoms with Gasteiger partial charge in [0.1, 0.15) is 11.6 Å². The van der Waals surface area contributed by atoms with Crippen LogP contribution in [0.3, 0.4) is 0 Å². The highest BCUT2D eigenvalue weighted by Crippen LogP contribution is 2.27. The minimum atomic E-state index is -0.416. The van der Waals surface area contributed by atoms with E-state index in [2.05, 4.69) is 15.1 Å². The Morgan fingerprint density at radius 1 is 1.19 bits per heavy atom. The molecular weight excluding hydrogens is 367 g/mol. The zero-order chi connectivity index (χ0) is 18.8. The summed E-state index contributed by atoms with van der Waals surface area (Å²) in [6, 6.07) is 14.8. The second kappa shape index (κ2) is 7.76. The van der Waals surface area contributed by atoms with Gasteiger partial charge in [0.2, 0.25) is 0 Å². The van der Waals surface area contributed by atoms with Gasteiger partial charge in [-0.15, -0.1) is 10.2 Å². The molecule has 0 amide bonds. The first-order valence-electron chi connectivity index (χ1n) is 8.84. The van der Waals surface area contributed by atoms with Crippen LogP contribution in [0.2, 0.25) is 5.02 Å². The van der Waals surface area contributed by atoms with Crippen molar-refractivity contribution in [3.05, 3.63) is 70.8 Å². The highest BCUT2D eigenvalue weighted by molar-refractivity contribution is 6.30. The molecule has 1 fully saturated rings. The molecule has 27 heavy (non-hydrogen) atoms. The summed E-state index contributed by atoms with van der Waals surface area (Å²) in [5, 5.41) is 8.83. The Hall–Kier alpha value is -2.28. The molecule has 0 aliphatic carbocycles. The van der Waals surface area contributed by atoms with Crippen molar-refractivity contribution in [2.45, 2.75) is 12.6 Å². The average Bonchev–Trinajstić information content (AvgIpc) is 3.05. The maximum Gasteiger partial charge on any atom is 0.163 e. The lowest BCUT2D eigenvalue weighted by Gasteiger charge is -2.32. The summed E-state index contributed by atoms with van der Waals surface area (Å²) in [7, 11) is 1.98. The molecule has 2 aromatic carbocycles. The maximum atomic E-state index is 13.4. The summed E-state index contributed by atoms with van der Waals surface area (Å²) < 4.78 is 21.3. The van der Waals surface area contributed by atoms with Gasteiger partial charge in [0.25, 0.3) is 0 Å². The van der Waals surface area contributed by atoms with Crippen LogP contribution in [0.25, 0.3) is 11.4 Å². The smallest absolute Gasteiger partial charge is 0.163 e. The molecule has 3 aromatic rings. The molecule has 1 aliphatic rings. The average molecular weight is 387 g/mol. The zero-order valence-electron chi connectivity index (χ0n) is 15.0. The molecule has 4 rings (SSSR count). The van der Waals surface area contributed by atoms with Crippen LogP contribution in [-0.4, -0.2) is 39.4 Å². The van der Waals surface area contributed by atoms with Gasteiger partial charge in [0.05, 0.1) is 24.3 Å². The number of benzene rings is 2. The Bertz CT molecular complexity index is 931. The van der Waals surface area contributed by atoms with Crippen molar-refractivity contribution in [3.8, 4) is 11.4 Å². The zero-order valence-corrected chi connectivity index (χ0v) is 15.7. The first-order valence-corrected chi connectivity index (χ1v) is 9.22. The molecule has 0 spiro atoms. The van der Waals surface area contributed by atoms with Crippen LogP contribution < -0.4 is 0 Å². The van der Waals surface area contributed by atoms with E-state index < -0.39 is 5.82 Å². The first kappa shape index (κ1) is 18.1. The van der Waals surface area contributed by atoms with Gasteiger partial charge in [0, 0.05) is 25.7 Å². The minimum Gasteiger partial charge on any atom is -0.371 e. The van der Waals surface area contributed by atoms with E-state index in [0.717, 1.165) is 29.3 Å². The number of ether oxygens (including phenoxy) is 1. The van der Waals surface area contributed by atoms with E-state index in [9.17, 15) is 4.39 Å². The number of rotatable bonds is 4. The van der Waals surface area contributed by atoms with Crippen LogP contribution in [-0.2, 0) is 18.3 Å². The van der Waals surface area contributed by atoms with Crippen molar-refractivity contribution in [3.63, 3.8) is 0 Å². The topological polar surface area (TPSA) is 43.2 Å². The Kier molecular flexibility index (Phi) is 5.20. The van der Waals surface area contributed by atoms with Crippen molar-refractivity contribution < 1.29 is 9.13 Å². The first-order chi connectivity index (χ1) is 13.1. The summed E-state index contributed by atoms with van der Waals surface area (Å²) in [6.45, 7) is 2.77. The summed E-state index contributed by atoms with van der Waals surface area (Å²) in [6.07, 6.45) is -0.140. The summed E-state index contributed by atoms with van der Waals surface area (Å²) in [5.74, 6) is 1.33. The predicted octanol–water partition coefficient (Wildman–Crippen LogP) is 3.85. The molecule has 1 unspecified atom stereocenters. The molecule has 1 aromatic heterocycles. The number of nitrogens with zero attached hydrogens (tertiary/aromatic N) is 4. The number of morpholine rings is 1. The number of hydrogen-bond acceptors (Lipinski definition) is 4. The lowest BCUT2D eigenvalue weighted by Crippen LogP contribution is -2.38. The molecule has 1 saturated heterocycles. The quantitative estimate of drug-likeness (QED) is 0.683. The number of aromatic nitrogens is 3. The van der Waals surface area contributed by atoms with Crippen molar-refractivity contribution >= 4 is 11.6 Å². The van der Waals surface area contributed by atoms with E-state index >= 15 is 0 Å². The second-order valence-corrected chi connectivity index (χ2v) is 7.04. The number of hydrogen-bond donors (Lipinski definition) is 0. The number of halogens is 2. The molecule has 0 N–H and O–H groups in total. The molecule has 1 aliphatic heterocycles. The van der Waals surface area contributed by atoms with Gasteiger partial charge in [0.15, 0.2) is 5.82 Å². The van der Waals surface area contributed by atoms with Crippen LogP contribution in [0.4, 0.5) is 4.39 Å². The predicted molar refractivity (Wildman–Crippen MR) is 102 cm³/mol. The van der Waals surface area contributed by atoms with Crippen LogP contribution >= 0.6 is 11.6 Å². The van der Waals surface area contributed by atoms with Gasteiger partial charge < -0.3 is 9.30 Å². The molecule has 7 heteroatoms. The molecule has 2 heterocycles.